The molecule has 0 spiro atoms. The highest BCUT2D eigenvalue weighted by Crippen LogP contribution is 2.29. The average molecular weight is 427 g/mol. The minimum atomic E-state index is -2.86. The summed E-state index contributed by atoms with van der Waals surface area (Å²) in [6.07, 6.45) is 2.95. The molecular formula is C22H23F2N5O2. The van der Waals surface area contributed by atoms with Gasteiger partial charge in [0.1, 0.15) is 6.04 Å². The van der Waals surface area contributed by atoms with Crippen molar-refractivity contribution in [3.63, 3.8) is 0 Å². The standard InChI is InChI=1S/C22H23F2N5O2/c1-2-13-4-3-5-16-14(13)10-18(25-16)20(30)28-8-6-17-15(11-28)19(27-26-17)21(31)29-9-7-22(23,24)12-29/h3-5,10,18H,2,6-9,11-12H2,1H3,(H,26,27). The molecule has 1 fully saturated rings. The number of aromatic amines is 1. The van der Waals surface area contributed by atoms with E-state index in [-0.39, 0.29) is 31.1 Å². The molecule has 2 aromatic rings. The fraction of sp³-hybridized carbons (Fsp3) is 0.455. The number of fused-ring (bicyclic) bond motifs is 2. The van der Waals surface area contributed by atoms with Crippen molar-refractivity contribution < 1.29 is 18.4 Å². The molecule has 31 heavy (non-hydrogen) atoms. The zero-order chi connectivity index (χ0) is 21.8. The van der Waals surface area contributed by atoms with Crippen molar-refractivity contribution in [2.75, 3.05) is 19.6 Å². The highest BCUT2D eigenvalue weighted by molar-refractivity contribution is 5.95. The highest BCUT2D eigenvalue weighted by Gasteiger charge is 2.42. The second kappa shape index (κ2) is 7.25. The second-order valence-electron chi connectivity index (χ2n) is 8.32. The van der Waals surface area contributed by atoms with E-state index in [9.17, 15) is 18.4 Å². The van der Waals surface area contributed by atoms with Gasteiger partial charge in [0, 0.05) is 49.0 Å². The number of aromatic nitrogens is 2. The third kappa shape index (κ3) is 3.41. The molecule has 162 valence electrons. The summed E-state index contributed by atoms with van der Waals surface area (Å²) < 4.78 is 27.1. The zero-order valence-electron chi connectivity index (χ0n) is 17.2. The molecule has 3 aliphatic heterocycles. The highest BCUT2D eigenvalue weighted by atomic mass is 19.3. The first-order valence-corrected chi connectivity index (χ1v) is 10.6. The predicted molar refractivity (Wildman–Crippen MR) is 108 cm³/mol. The number of carbonyl (C=O) groups is 2. The first kappa shape index (κ1) is 19.8. The van der Waals surface area contributed by atoms with Crippen LogP contribution in [0.15, 0.2) is 23.2 Å². The number of alkyl halides is 2. The van der Waals surface area contributed by atoms with Gasteiger partial charge in [-0.25, -0.2) is 8.78 Å². The van der Waals surface area contributed by atoms with Gasteiger partial charge in [0.25, 0.3) is 17.7 Å². The number of nitrogens with zero attached hydrogens (tertiary/aromatic N) is 4. The van der Waals surface area contributed by atoms with E-state index in [2.05, 4.69) is 22.1 Å². The van der Waals surface area contributed by atoms with E-state index in [0.717, 1.165) is 33.2 Å². The van der Waals surface area contributed by atoms with Gasteiger partial charge in [-0.15, -0.1) is 0 Å². The third-order valence-corrected chi connectivity index (χ3v) is 6.31. The van der Waals surface area contributed by atoms with E-state index in [1.807, 2.05) is 24.3 Å². The van der Waals surface area contributed by atoms with E-state index in [1.54, 1.807) is 4.90 Å². The van der Waals surface area contributed by atoms with Crippen LogP contribution in [0.4, 0.5) is 8.78 Å². The van der Waals surface area contributed by atoms with Crippen LogP contribution >= 0.6 is 0 Å². The van der Waals surface area contributed by atoms with Crippen LogP contribution in [0.1, 0.15) is 40.7 Å². The fourth-order valence-electron chi connectivity index (χ4n) is 4.59. The molecule has 1 atom stereocenters. The van der Waals surface area contributed by atoms with Gasteiger partial charge in [0.2, 0.25) is 0 Å². The Kier molecular flexibility index (Phi) is 4.64. The van der Waals surface area contributed by atoms with E-state index < -0.39 is 24.4 Å². The van der Waals surface area contributed by atoms with Crippen LogP contribution in [0.2, 0.25) is 0 Å². The van der Waals surface area contributed by atoms with Crippen LogP contribution in [0.5, 0.6) is 0 Å². The smallest absolute Gasteiger partial charge is 0.274 e. The maximum Gasteiger partial charge on any atom is 0.274 e. The molecule has 0 bridgehead atoms. The molecule has 0 aliphatic carbocycles. The lowest BCUT2D eigenvalue weighted by atomic mass is 10.0. The monoisotopic (exact) mass is 427 g/mol. The molecule has 3 aliphatic rings. The lowest BCUT2D eigenvalue weighted by Crippen LogP contribution is -2.41. The summed E-state index contributed by atoms with van der Waals surface area (Å²) in [5, 5.41) is 8.79. The minimum absolute atomic E-state index is 0.00401. The molecule has 0 radical (unpaired) electrons. The van der Waals surface area contributed by atoms with Crippen molar-refractivity contribution in [3.05, 3.63) is 51.3 Å². The van der Waals surface area contributed by atoms with Crippen LogP contribution in [-0.4, -0.2) is 63.4 Å². The molecule has 1 saturated heterocycles. The number of likely N-dealkylation sites (tertiary alicyclic amines) is 1. The summed E-state index contributed by atoms with van der Waals surface area (Å²) in [5.74, 6) is -3.50. The number of benzene rings is 1. The number of H-pyrrole nitrogens is 1. The topological polar surface area (TPSA) is 81.7 Å². The van der Waals surface area contributed by atoms with Gasteiger partial charge in [-0.05, 0) is 24.1 Å². The summed E-state index contributed by atoms with van der Waals surface area (Å²) in [6, 6.07) is 5.30. The summed E-state index contributed by atoms with van der Waals surface area (Å²) in [5.41, 5.74) is 2.68. The van der Waals surface area contributed by atoms with Crippen LogP contribution in [0.3, 0.4) is 0 Å². The van der Waals surface area contributed by atoms with E-state index >= 15 is 0 Å². The number of hydrogen-bond acceptors (Lipinski definition) is 4. The molecule has 7 nitrogen and oxygen atoms in total. The molecule has 0 saturated carbocycles. The van der Waals surface area contributed by atoms with Gasteiger partial charge in [0.15, 0.2) is 5.69 Å². The lowest BCUT2D eigenvalue weighted by molar-refractivity contribution is -0.132. The van der Waals surface area contributed by atoms with Crippen molar-refractivity contribution in [1.82, 2.24) is 20.0 Å². The van der Waals surface area contributed by atoms with Gasteiger partial charge in [0.05, 0.1) is 11.9 Å². The SMILES string of the molecule is CCc1cccc2c1=CC(C(=O)N1CCc3[nH]nc(C(=O)N4CCC(F)(F)C4)c3C1)N=2. The summed E-state index contributed by atoms with van der Waals surface area (Å²) in [7, 11) is 0. The zero-order valence-corrected chi connectivity index (χ0v) is 17.2. The largest absolute Gasteiger partial charge is 0.336 e. The maximum absolute atomic E-state index is 13.6. The number of carbonyl (C=O) groups excluding carboxylic acids is 2. The molecule has 5 rings (SSSR count). The van der Waals surface area contributed by atoms with Gasteiger partial charge in [-0.1, -0.05) is 19.1 Å². The fourth-order valence-corrected chi connectivity index (χ4v) is 4.59. The van der Waals surface area contributed by atoms with Crippen LogP contribution in [-0.2, 0) is 24.2 Å². The number of halogens is 2. The van der Waals surface area contributed by atoms with Crippen molar-refractivity contribution in [2.24, 2.45) is 4.99 Å². The Morgan fingerprint density at radius 1 is 1.26 bits per heavy atom. The molecule has 1 N–H and O–H groups in total. The Bertz CT molecular complexity index is 1190. The first-order valence-electron chi connectivity index (χ1n) is 10.6. The van der Waals surface area contributed by atoms with Gasteiger partial charge in [-0.3, -0.25) is 19.7 Å². The van der Waals surface area contributed by atoms with Gasteiger partial charge in [-0.2, -0.15) is 5.10 Å². The Labute approximate surface area is 177 Å². The number of rotatable bonds is 3. The number of amides is 2. The molecule has 4 heterocycles. The molecule has 9 heteroatoms. The quantitative estimate of drug-likeness (QED) is 0.788. The average Bonchev–Trinajstić information content (AvgIpc) is 3.47. The first-order chi connectivity index (χ1) is 14.9. The van der Waals surface area contributed by atoms with E-state index in [1.165, 1.54) is 0 Å². The number of nitrogens with one attached hydrogen (secondary N) is 1. The van der Waals surface area contributed by atoms with Crippen molar-refractivity contribution in [2.45, 2.75) is 44.7 Å². The normalized spacial score (nSPS) is 21.3. The predicted octanol–water partition coefficient (Wildman–Crippen LogP) is 0.821. The van der Waals surface area contributed by atoms with E-state index in [4.69, 9.17) is 0 Å². The minimum Gasteiger partial charge on any atom is -0.336 e. The molecule has 1 unspecified atom stereocenters. The molecule has 1 aromatic heterocycles. The summed E-state index contributed by atoms with van der Waals surface area (Å²) in [6.45, 7) is 2.18. The van der Waals surface area contributed by atoms with Crippen molar-refractivity contribution in [3.8, 4) is 0 Å². The Hall–Kier alpha value is -3.10. The summed E-state index contributed by atoms with van der Waals surface area (Å²) in [4.78, 5) is 33.4. The summed E-state index contributed by atoms with van der Waals surface area (Å²) >= 11 is 0. The van der Waals surface area contributed by atoms with Gasteiger partial charge < -0.3 is 9.80 Å². The van der Waals surface area contributed by atoms with Crippen molar-refractivity contribution in [1.29, 1.82) is 0 Å². The Balaban J connectivity index is 1.37. The Morgan fingerprint density at radius 2 is 2.10 bits per heavy atom. The van der Waals surface area contributed by atoms with Gasteiger partial charge >= 0.3 is 0 Å². The van der Waals surface area contributed by atoms with Crippen molar-refractivity contribution >= 4 is 17.9 Å². The van der Waals surface area contributed by atoms with Crippen LogP contribution in [0.25, 0.3) is 6.08 Å². The Morgan fingerprint density at radius 3 is 2.84 bits per heavy atom. The third-order valence-electron chi connectivity index (χ3n) is 6.31. The van der Waals surface area contributed by atoms with Crippen LogP contribution in [0, 0.1) is 0 Å². The van der Waals surface area contributed by atoms with Crippen LogP contribution < -0.4 is 10.6 Å². The lowest BCUT2D eigenvalue weighted by Gasteiger charge is -2.28. The number of aryl methyl sites for hydroxylation is 1. The maximum atomic E-state index is 13.6. The molecular weight excluding hydrogens is 404 g/mol. The second-order valence-corrected chi connectivity index (χ2v) is 8.32. The number of hydrogen-bond donors (Lipinski definition) is 1. The van der Waals surface area contributed by atoms with E-state index in [0.29, 0.717) is 18.5 Å². The molecule has 1 aromatic carbocycles. The molecule has 2 amide bonds.